The van der Waals surface area contributed by atoms with E-state index in [4.69, 9.17) is 4.74 Å². The van der Waals surface area contributed by atoms with Crippen LogP contribution < -0.4 is 0 Å². The van der Waals surface area contributed by atoms with Gasteiger partial charge in [0.2, 0.25) is 5.78 Å². The van der Waals surface area contributed by atoms with E-state index in [1.165, 1.54) is 17.2 Å². The highest BCUT2D eigenvalue weighted by atomic mass is 16.5. The van der Waals surface area contributed by atoms with Gasteiger partial charge in [0.25, 0.3) is 0 Å². The molecule has 42 heavy (non-hydrogen) atoms. The lowest BCUT2D eigenvalue weighted by Gasteiger charge is -2.59. The smallest absolute Gasteiger partial charge is 0.331 e. The van der Waals surface area contributed by atoms with Crippen LogP contribution in [0.1, 0.15) is 99.3 Å². The number of aliphatic hydroxyl groups is 2. The maximum Gasteiger partial charge on any atom is 0.331 e. The first kappa shape index (κ1) is 32.3. The Bertz CT molecular complexity index is 1250. The standard InChI is InChI=1S/C36H50O6/c1-23(2)9-7-10-24(3)11-8-12-25(4)19-32(40)42-22-31(39)36(41)18-16-29-28-14-13-26-20-27(37)15-17-34(26,5)33(28)30(38)21-35(29,36)6/h9,11,15,17,19-20,28-30,33,38,41H,7-8,10,12-14,16,18,21-22H2,1-6H3/b24-11-,25-19+/t28-,29-,30-,33+,34-,35-,36-/m0/s1. The van der Waals surface area contributed by atoms with Gasteiger partial charge in [-0.15, -0.1) is 0 Å². The van der Waals surface area contributed by atoms with E-state index < -0.39 is 40.9 Å². The first-order valence-electron chi connectivity index (χ1n) is 15.7. The Morgan fingerprint density at radius 3 is 2.45 bits per heavy atom. The van der Waals surface area contributed by atoms with Gasteiger partial charge in [-0.2, -0.15) is 0 Å². The van der Waals surface area contributed by atoms with Gasteiger partial charge in [0.15, 0.2) is 12.4 Å². The molecular weight excluding hydrogens is 528 g/mol. The summed E-state index contributed by atoms with van der Waals surface area (Å²) in [5.41, 5.74) is 1.73. The van der Waals surface area contributed by atoms with Crippen LogP contribution in [0, 0.1) is 28.6 Å². The zero-order chi connectivity index (χ0) is 30.9. The number of Topliss-reactive ketones (excluding diaryl/α,β-unsaturated/α-hetero) is 1. The fraction of sp³-hybridized carbons (Fsp3) is 0.639. The number of hydrogen-bond acceptors (Lipinski definition) is 6. The van der Waals surface area contributed by atoms with Gasteiger partial charge < -0.3 is 14.9 Å². The van der Waals surface area contributed by atoms with Crippen molar-refractivity contribution < 1.29 is 29.3 Å². The quantitative estimate of drug-likeness (QED) is 0.174. The van der Waals surface area contributed by atoms with Crippen molar-refractivity contribution in [1.82, 2.24) is 0 Å². The van der Waals surface area contributed by atoms with Gasteiger partial charge in [-0.05, 0) is 109 Å². The summed E-state index contributed by atoms with van der Waals surface area (Å²) in [6, 6.07) is 0. The maximum absolute atomic E-state index is 13.5. The number of ether oxygens (including phenoxy) is 1. The molecule has 0 radical (unpaired) electrons. The first-order valence-corrected chi connectivity index (χ1v) is 15.7. The Labute approximate surface area is 251 Å². The van der Waals surface area contributed by atoms with E-state index in [1.807, 2.05) is 19.9 Å². The lowest BCUT2D eigenvalue weighted by molar-refractivity contribution is -0.180. The largest absolute Gasteiger partial charge is 0.454 e. The molecule has 4 aliphatic carbocycles. The second-order valence-corrected chi connectivity index (χ2v) is 14.0. The predicted octanol–water partition coefficient (Wildman–Crippen LogP) is 6.53. The van der Waals surface area contributed by atoms with E-state index in [-0.39, 0.29) is 23.5 Å². The number of hydrogen-bond donors (Lipinski definition) is 2. The van der Waals surface area contributed by atoms with Gasteiger partial charge in [0, 0.05) is 22.8 Å². The van der Waals surface area contributed by atoms with Crippen LogP contribution in [0.2, 0.25) is 0 Å². The molecule has 0 aliphatic heterocycles. The lowest BCUT2D eigenvalue weighted by Crippen LogP contribution is -2.61. The van der Waals surface area contributed by atoms with Crippen molar-refractivity contribution in [2.75, 3.05) is 6.61 Å². The van der Waals surface area contributed by atoms with Crippen molar-refractivity contribution in [3.8, 4) is 0 Å². The van der Waals surface area contributed by atoms with Gasteiger partial charge in [0.1, 0.15) is 5.60 Å². The SMILES string of the molecule is CC(C)=CCC/C(C)=C\CC/C(C)=C/C(=O)OCC(=O)[C@@]1(O)CC[C@H]2[C@@H]3CCC4=CC(=O)C=C[C@]4(C)[C@H]3[C@@H](O)C[C@@]21C. The molecule has 0 unspecified atom stereocenters. The third-order valence-electron chi connectivity index (χ3n) is 10.9. The molecule has 0 amide bonds. The van der Waals surface area contributed by atoms with Gasteiger partial charge in [-0.25, -0.2) is 4.79 Å². The summed E-state index contributed by atoms with van der Waals surface area (Å²) in [6.45, 7) is 11.8. The van der Waals surface area contributed by atoms with E-state index in [9.17, 15) is 24.6 Å². The monoisotopic (exact) mass is 578 g/mol. The Morgan fingerprint density at radius 1 is 1.05 bits per heavy atom. The number of fused-ring (bicyclic) bond motifs is 5. The molecular formula is C36H50O6. The molecule has 4 aliphatic rings. The highest BCUT2D eigenvalue weighted by Gasteiger charge is 2.68. The molecule has 0 bridgehead atoms. The maximum atomic E-state index is 13.5. The van der Waals surface area contributed by atoms with Crippen LogP contribution in [0.5, 0.6) is 0 Å². The number of aliphatic hydroxyl groups excluding tert-OH is 1. The van der Waals surface area contributed by atoms with Crippen LogP contribution in [-0.2, 0) is 19.1 Å². The minimum atomic E-state index is -1.66. The molecule has 230 valence electrons. The molecule has 3 fully saturated rings. The molecule has 0 saturated heterocycles. The van der Waals surface area contributed by atoms with E-state index in [0.29, 0.717) is 19.3 Å². The van der Waals surface area contributed by atoms with Crippen molar-refractivity contribution in [1.29, 1.82) is 0 Å². The molecule has 0 aromatic heterocycles. The lowest BCUT2D eigenvalue weighted by atomic mass is 9.46. The Morgan fingerprint density at radius 2 is 1.74 bits per heavy atom. The van der Waals surface area contributed by atoms with Crippen LogP contribution in [-0.4, -0.2) is 46.1 Å². The molecule has 0 aromatic rings. The molecule has 4 rings (SSSR count). The topological polar surface area (TPSA) is 101 Å². The molecule has 0 spiro atoms. The van der Waals surface area contributed by atoms with E-state index in [0.717, 1.165) is 49.7 Å². The highest BCUT2D eigenvalue weighted by Crippen LogP contribution is 2.67. The Kier molecular flexibility index (Phi) is 9.69. The molecule has 0 heterocycles. The number of esters is 1. The summed E-state index contributed by atoms with van der Waals surface area (Å²) in [4.78, 5) is 38.1. The van der Waals surface area contributed by atoms with Crippen LogP contribution in [0.25, 0.3) is 0 Å². The van der Waals surface area contributed by atoms with Crippen LogP contribution in [0.15, 0.2) is 58.7 Å². The average Bonchev–Trinajstić information content (AvgIpc) is 3.18. The van der Waals surface area contributed by atoms with Gasteiger partial charge >= 0.3 is 5.97 Å². The average molecular weight is 579 g/mol. The molecule has 0 aromatic carbocycles. The van der Waals surface area contributed by atoms with Crippen molar-refractivity contribution in [2.45, 2.75) is 111 Å². The van der Waals surface area contributed by atoms with Gasteiger partial charge in [-0.3, -0.25) is 9.59 Å². The van der Waals surface area contributed by atoms with Gasteiger partial charge in [0.05, 0.1) is 6.10 Å². The fourth-order valence-corrected chi connectivity index (χ4v) is 8.60. The van der Waals surface area contributed by atoms with Crippen molar-refractivity contribution >= 4 is 17.5 Å². The summed E-state index contributed by atoms with van der Waals surface area (Å²) in [5.74, 6) is -0.957. The number of carbonyl (C=O) groups excluding carboxylic acids is 3. The van der Waals surface area contributed by atoms with Crippen LogP contribution >= 0.6 is 0 Å². The van der Waals surface area contributed by atoms with Gasteiger partial charge in [-0.1, -0.05) is 54.4 Å². The Hall–Kier alpha value is -2.57. The summed E-state index contributed by atoms with van der Waals surface area (Å²) in [5, 5.41) is 23.4. The minimum Gasteiger partial charge on any atom is -0.454 e. The third-order valence-corrected chi connectivity index (χ3v) is 10.9. The van der Waals surface area contributed by atoms with E-state index in [1.54, 1.807) is 12.2 Å². The summed E-state index contributed by atoms with van der Waals surface area (Å²) >= 11 is 0. The van der Waals surface area contributed by atoms with E-state index >= 15 is 0 Å². The fourth-order valence-electron chi connectivity index (χ4n) is 8.60. The normalized spacial score (nSPS) is 36.0. The third kappa shape index (κ3) is 6.21. The second kappa shape index (κ2) is 12.6. The molecule has 6 nitrogen and oxygen atoms in total. The minimum absolute atomic E-state index is 0.00542. The number of ketones is 2. The summed E-state index contributed by atoms with van der Waals surface area (Å²) in [7, 11) is 0. The second-order valence-electron chi connectivity index (χ2n) is 14.0. The van der Waals surface area contributed by atoms with Crippen LogP contribution in [0.4, 0.5) is 0 Å². The van der Waals surface area contributed by atoms with Crippen molar-refractivity contribution in [2.24, 2.45) is 28.6 Å². The van der Waals surface area contributed by atoms with Crippen molar-refractivity contribution in [3.05, 3.63) is 58.7 Å². The summed E-state index contributed by atoms with van der Waals surface area (Å²) in [6.07, 6.45) is 16.9. The number of allylic oxidation sites excluding steroid dienone is 9. The van der Waals surface area contributed by atoms with Crippen LogP contribution in [0.3, 0.4) is 0 Å². The number of carbonyl (C=O) groups is 3. The van der Waals surface area contributed by atoms with Crippen molar-refractivity contribution in [3.63, 3.8) is 0 Å². The molecule has 7 atom stereocenters. The zero-order valence-electron chi connectivity index (χ0n) is 26.4. The molecule has 2 N–H and O–H groups in total. The number of rotatable bonds is 10. The predicted molar refractivity (Wildman–Crippen MR) is 164 cm³/mol. The van der Waals surface area contributed by atoms with E-state index in [2.05, 4.69) is 39.8 Å². The first-order chi connectivity index (χ1) is 19.7. The highest BCUT2D eigenvalue weighted by molar-refractivity contribution is 6.01. The Balaban J connectivity index is 1.36. The molecule has 3 saturated carbocycles. The zero-order valence-corrected chi connectivity index (χ0v) is 26.4. The molecule has 6 heteroatoms. The summed E-state index contributed by atoms with van der Waals surface area (Å²) < 4.78 is 5.35.